The number of Topliss-reactive ketones (excluding diaryl/α,β-unsaturated/α-hetero) is 2. The van der Waals surface area contributed by atoms with Crippen LogP contribution in [0, 0.1) is 0 Å². The predicted molar refractivity (Wildman–Crippen MR) is 68.1 cm³/mol. The number of aliphatic hydroxyl groups is 2. The van der Waals surface area contributed by atoms with Crippen LogP contribution < -0.4 is 5.73 Å². The molecule has 0 fully saturated rings. The van der Waals surface area contributed by atoms with E-state index < -0.39 is 11.6 Å². The number of nitrogens with two attached hydrogens (primary N) is 1. The molecule has 0 amide bonds. The second-order valence-electron chi connectivity index (χ2n) is 4.57. The van der Waals surface area contributed by atoms with Crippen LogP contribution in [0.2, 0.25) is 0 Å². The minimum absolute atomic E-state index is 0.0909. The zero-order valence-electron chi connectivity index (χ0n) is 9.93. The summed E-state index contributed by atoms with van der Waals surface area (Å²) in [6, 6.07) is 4.60. The van der Waals surface area contributed by atoms with Crippen molar-refractivity contribution in [1.29, 1.82) is 0 Å². The van der Waals surface area contributed by atoms with Crippen molar-refractivity contribution in [2.45, 2.75) is 12.8 Å². The highest BCUT2D eigenvalue weighted by Gasteiger charge is 2.39. The first-order valence-electron chi connectivity index (χ1n) is 5.85. The maximum absolute atomic E-state index is 12.4. The highest BCUT2D eigenvalue weighted by Crippen LogP contribution is 2.39. The van der Waals surface area contributed by atoms with Gasteiger partial charge in [-0.25, -0.2) is 0 Å². The van der Waals surface area contributed by atoms with Gasteiger partial charge in [0.15, 0.2) is 11.6 Å². The van der Waals surface area contributed by atoms with Crippen molar-refractivity contribution in [3.05, 3.63) is 52.0 Å². The van der Waals surface area contributed by atoms with Crippen LogP contribution in [0.25, 0.3) is 0 Å². The van der Waals surface area contributed by atoms with Gasteiger partial charge in [-0.05, 0) is 6.07 Å². The van der Waals surface area contributed by atoms with E-state index in [2.05, 4.69) is 0 Å². The average molecular weight is 257 g/mol. The standard InChI is InChI=1S/C14H11NO4/c15-7-3-1-2-6-10(7)14(19)12-9(17)5-4-8(16)11(12)13(6)18/h1-3,16-17H,4-5,15H2. The summed E-state index contributed by atoms with van der Waals surface area (Å²) in [5, 5.41) is 19.7. The summed E-state index contributed by atoms with van der Waals surface area (Å²) < 4.78 is 0. The molecule has 19 heavy (non-hydrogen) atoms. The first kappa shape index (κ1) is 11.5. The number of hydrogen-bond acceptors (Lipinski definition) is 5. The second-order valence-corrected chi connectivity index (χ2v) is 4.57. The maximum atomic E-state index is 12.4. The number of benzene rings is 1. The minimum Gasteiger partial charge on any atom is -0.512 e. The van der Waals surface area contributed by atoms with Crippen LogP contribution in [0.3, 0.4) is 0 Å². The SMILES string of the molecule is Nc1cccc2c1C(=O)C1=C(O)CCC(O)=C1C2=O. The largest absolute Gasteiger partial charge is 0.512 e. The number of nitrogen functional groups attached to an aromatic ring is 1. The molecule has 2 aliphatic rings. The van der Waals surface area contributed by atoms with E-state index in [9.17, 15) is 19.8 Å². The summed E-state index contributed by atoms with van der Waals surface area (Å²) >= 11 is 0. The van der Waals surface area contributed by atoms with Gasteiger partial charge in [0.05, 0.1) is 16.7 Å². The molecule has 5 nitrogen and oxygen atoms in total. The summed E-state index contributed by atoms with van der Waals surface area (Å²) in [5.41, 5.74) is 6.01. The topological polar surface area (TPSA) is 101 Å². The van der Waals surface area contributed by atoms with E-state index in [1.807, 2.05) is 0 Å². The molecule has 0 aliphatic heterocycles. The van der Waals surface area contributed by atoms with E-state index in [0.717, 1.165) is 0 Å². The van der Waals surface area contributed by atoms with Crippen LogP contribution in [0.5, 0.6) is 0 Å². The van der Waals surface area contributed by atoms with Crippen LogP contribution in [0.15, 0.2) is 40.9 Å². The third-order valence-electron chi connectivity index (χ3n) is 3.45. The Morgan fingerprint density at radius 1 is 0.947 bits per heavy atom. The molecule has 96 valence electrons. The number of anilines is 1. The minimum atomic E-state index is -0.508. The van der Waals surface area contributed by atoms with Crippen LogP contribution >= 0.6 is 0 Å². The van der Waals surface area contributed by atoms with E-state index in [1.54, 1.807) is 6.07 Å². The summed E-state index contributed by atoms with van der Waals surface area (Å²) in [6.45, 7) is 0. The first-order chi connectivity index (χ1) is 9.02. The highest BCUT2D eigenvalue weighted by atomic mass is 16.3. The highest BCUT2D eigenvalue weighted by molar-refractivity contribution is 6.33. The number of rotatable bonds is 0. The van der Waals surface area contributed by atoms with Gasteiger partial charge in [0.25, 0.3) is 0 Å². The van der Waals surface area contributed by atoms with E-state index in [4.69, 9.17) is 5.73 Å². The summed E-state index contributed by atoms with van der Waals surface area (Å²) in [5.74, 6) is -1.30. The first-order valence-corrected chi connectivity index (χ1v) is 5.85. The zero-order valence-corrected chi connectivity index (χ0v) is 9.93. The molecule has 1 aromatic rings. The van der Waals surface area contributed by atoms with Crippen molar-refractivity contribution in [2.75, 3.05) is 5.73 Å². The monoisotopic (exact) mass is 257 g/mol. The smallest absolute Gasteiger partial charge is 0.200 e. The van der Waals surface area contributed by atoms with Crippen molar-refractivity contribution in [3.63, 3.8) is 0 Å². The number of carbonyl (C=O) groups excluding carboxylic acids is 2. The van der Waals surface area contributed by atoms with Gasteiger partial charge >= 0.3 is 0 Å². The number of ketones is 2. The lowest BCUT2D eigenvalue weighted by molar-refractivity contribution is 0.0960. The molecule has 0 unspecified atom stereocenters. The molecule has 2 aliphatic carbocycles. The fourth-order valence-corrected chi connectivity index (χ4v) is 2.54. The third kappa shape index (κ3) is 1.41. The van der Waals surface area contributed by atoms with Crippen molar-refractivity contribution in [2.24, 2.45) is 0 Å². The Balaban J connectivity index is 2.39. The van der Waals surface area contributed by atoms with Crippen molar-refractivity contribution in [3.8, 4) is 0 Å². The molecule has 0 radical (unpaired) electrons. The Labute approximate surface area is 108 Å². The van der Waals surface area contributed by atoms with Crippen LogP contribution in [0.4, 0.5) is 5.69 Å². The molecule has 3 rings (SSSR count). The molecule has 5 heteroatoms. The fourth-order valence-electron chi connectivity index (χ4n) is 2.54. The fraction of sp³-hybridized carbons (Fsp3) is 0.143. The van der Waals surface area contributed by atoms with Crippen molar-refractivity contribution >= 4 is 17.3 Å². The molecule has 0 bridgehead atoms. The number of hydrogen-bond donors (Lipinski definition) is 3. The van der Waals surface area contributed by atoms with Gasteiger partial charge in [-0.2, -0.15) is 0 Å². The van der Waals surface area contributed by atoms with Gasteiger partial charge < -0.3 is 15.9 Å². The number of fused-ring (bicyclic) bond motifs is 2. The normalized spacial score (nSPS) is 18.5. The lowest BCUT2D eigenvalue weighted by Gasteiger charge is -2.25. The van der Waals surface area contributed by atoms with Gasteiger partial charge in [-0.15, -0.1) is 0 Å². The zero-order chi connectivity index (χ0) is 13.7. The molecule has 0 spiro atoms. The Bertz CT molecular complexity index is 697. The molecule has 4 N–H and O–H groups in total. The number of allylic oxidation sites excluding steroid dienone is 4. The van der Waals surface area contributed by atoms with E-state index in [0.29, 0.717) is 0 Å². The molecule has 0 heterocycles. The van der Waals surface area contributed by atoms with Gasteiger partial charge in [0.2, 0.25) is 0 Å². The van der Waals surface area contributed by atoms with Gasteiger partial charge in [0.1, 0.15) is 11.5 Å². The van der Waals surface area contributed by atoms with Gasteiger partial charge in [-0.3, -0.25) is 9.59 Å². The molecular weight excluding hydrogens is 246 g/mol. The summed E-state index contributed by atoms with van der Waals surface area (Å²) in [7, 11) is 0. The Morgan fingerprint density at radius 3 is 2.16 bits per heavy atom. The van der Waals surface area contributed by atoms with Crippen LogP contribution in [-0.4, -0.2) is 21.8 Å². The summed E-state index contributed by atoms with van der Waals surface area (Å²) in [4.78, 5) is 24.7. The van der Waals surface area contributed by atoms with Crippen LogP contribution in [-0.2, 0) is 0 Å². The Hall–Kier alpha value is -2.56. The van der Waals surface area contributed by atoms with Crippen LogP contribution in [0.1, 0.15) is 33.6 Å². The third-order valence-corrected chi connectivity index (χ3v) is 3.45. The number of carbonyl (C=O) groups is 2. The summed E-state index contributed by atoms with van der Waals surface area (Å²) in [6.07, 6.45) is 0.299. The van der Waals surface area contributed by atoms with Gasteiger partial charge in [0, 0.05) is 24.1 Å². The van der Waals surface area contributed by atoms with Crippen molar-refractivity contribution < 1.29 is 19.8 Å². The molecular formula is C14H11NO4. The number of aliphatic hydroxyl groups excluding tert-OH is 2. The Kier molecular flexibility index (Phi) is 2.25. The maximum Gasteiger partial charge on any atom is 0.200 e. The molecule has 0 aromatic heterocycles. The van der Waals surface area contributed by atoms with E-state index >= 15 is 0 Å². The van der Waals surface area contributed by atoms with Gasteiger partial charge in [-0.1, -0.05) is 12.1 Å². The van der Waals surface area contributed by atoms with E-state index in [-0.39, 0.29) is 52.3 Å². The Morgan fingerprint density at radius 2 is 1.53 bits per heavy atom. The quantitative estimate of drug-likeness (QED) is 0.617. The molecule has 1 aromatic carbocycles. The lowest BCUT2D eigenvalue weighted by atomic mass is 9.77. The average Bonchev–Trinajstić information content (AvgIpc) is 2.38. The van der Waals surface area contributed by atoms with E-state index in [1.165, 1.54) is 12.1 Å². The lowest BCUT2D eigenvalue weighted by Crippen LogP contribution is -2.28. The second kappa shape index (κ2) is 3.71. The van der Waals surface area contributed by atoms with Crippen molar-refractivity contribution in [1.82, 2.24) is 0 Å². The molecule has 0 saturated heterocycles. The molecule has 0 atom stereocenters. The molecule has 0 saturated carbocycles. The predicted octanol–water partition coefficient (Wildman–Crippen LogP) is 2.07.